The maximum atomic E-state index is 13.1. The SMILES string of the molecule is CN(C)CC(C)(C)CNC(=O)C1CCN(C(=O)C2CC(=O)N(c3cccc(C(F)(F)F)c3)C2)CC1. The first-order chi connectivity index (χ1) is 16.3. The van der Waals surface area contributed by atoms with Gasteiger partial charge in [0.1, 0.15) is 0 Å². The van der Waals surface area contributed by atoms with Crippen molar-refractivity contribution < 1.29 is 27.6 Å². The number of amides is 3. The summed E-state index contributed by atoms with van der Waals surface area (Å²) in [6, 6.07) is 4.60. The van der Waals surface area contributed by atoms with Crippen LogP contribution in [-0.2, 0) is 20.6 Å². The lowest BCUT2D eigenvalue weighted by atomic mass is 9.91. The van der Waals surface area contributed by atoms with Gasteiger partial charge in [0.25, 0.3) is 0 Å². The molecular weight excluding hydrogens is 461 g/mol. The number of piperidine rings is 1. The molecule has 1 N–H and O–H groups in total. The molecule has 10 heteroatoms. The van der Waals surface area contributed by atoms with Crippen LogP contribution in [0.2, 0.25) is 0 Å². The number of carbonyl (C=O) groups is 3. The molecule has 1 unspecified atom stereocenters. The zero-order valence-electron chi connectivity index (χ0n) is 20.8. The van der Waals surface area contributed by atoms with Gasteiger partial charge in [0.05, 0.1) is 11.5 Å². The monoisotopic (exact) mass is 496 g/mol. The maximum Gasteiger partial charge on any atom is 0.416 e. The highest BCUT2D eigenvalue weighted by atomic mass is 19.4. The van der Waals surface area contributed by atoms with E-state index in [1.54, 1.807) is 4.90 Å². The number of nitrogens with one attached hydrogen (secondary N) is 1. The zero-order chi connectivity index (χ0) is 26.0. The highest BCUT2D eigenvalue weighted by molar-refractivity contribution is 6.00. The number of alkyl halides is 3. The van der Waals surface area contributed by atoms with E-state index in [4.69, 9.17) is 0 Å². The number of hydrogen-bond donors (Lipinski definition) is 1. The van der Waals surface area contributed by atoms with Crippen molar-refractivity contribution in [1.82, 2.24) is 15.1 Å². The molecule has 35 heavy (non-hydrogen) atoms. The molecule has 0 spiro atoms. The number of likely N-dealkylation sites (tertiary alicyclic amines) is 1. The Bertz CT molecular complexity index is 940. The van der Waals surface area contributed by atoms with E-state index in [-0.39, 0.29) is 47.7 Å². The van der Waals surface area contributed by atoms with E-state index in [1.807, 2.05) is 14.1 Å². The van der Waals surface area contributed by atoms with Crippen LogP contribution in [-0.4, -0.2) is 74.3 Å². The van der Waals surface area contributed by atoms with Gasteiger partial charge in [-0.3, -0.25) is 14.4 Å². The Morgan fingerprint density at radius 3 is 2.37 bits per heavy atom. The van der Waals surface area contributed by atoms with Crippen LogP contribution in [0.3, 0.4) is 0 Å². The van der Waals surface area contributed by atoms with E-state index in [9.17, 15) is 27.6 Å². The maximum absolute atomic E-state index is 13.1. The van der Waals surface area contributed by atoms with Gasteiger partial charge in [-0.15, -0.1) is 0 Å². The predicted octanol–water partition coefficient (Wildman–Crippen LogP) is 3.00. The molecule has 0 bridgehead atoms. The van der Waals surface area contributed by atoms with Crippen LogP contribution < -0.4 is 10.2 Å². The molecule has 2 heterocycles. The molecule has 1 aromatic carbocycles. The van der Waals surface area contributed by atoms with Crippen molar-refractivity contribution in [3.63, 3.8) is 0 Å². The minimum absolute atomic E-state index is 0.00399. The third kappa shape index (κ3) is 6.96. The Hall–Kier alpha value is -2.62. The van der Waals surface area contributed by atoms with Crippen molar-refractivity contribution in [3.8, 4) is 0 Å². The van der Waals surface area contributed by atoms with Crippen molar-refractivity contribution >= 4 is 23.4 Å². The van der Waals surface area contributed by atoms with Gasteiger partial charge in [-0.1, -0.05) is 19.9 Å². The van der Waals surface area contributed by atoms with Crippen LogP contribution in [0.25, 0.3) is 0 Å². The number of halogens is 3. The average Bonchev–Trinajstić information content (AvgIpc) is 3.17. The third-order valence-corrected chi connectivity index (χ3v) is 6.62. The molecule has 0 aliphatic carbocycles. The highest BCUT2D eigenvalue weighted by Crippen LogP contribution is 2.34. The Morgan fingerprint density at radius 2 is 1.77 bits per heavy atom. The lowest BCUT2D eigenvalue weighted by Crippen LogP contribution is -2.47. The number of nitrogens with zero attached hydrogens (tertiary/aromatic N) is 3. The van der Waals surface area contributed by atoms with Crippen LogP contribution in [0.4, 0.5) is 18.9 Å². The normalized spacial score (nSPS) is 20.0. The molecule has 2 fully saturated rings. The van der Waals surface area contributed by atoms with Crippen LogP contribution in [0, 0.1) is 17.3 Å². The number of benzene rings is 1. The lowest BCUT2D eigenvalue weighted by Gasteiger charge is -2.34. The molecule has 2 aliphatic rings. The summed E-state index contributed by atoms with van der Waals surface area (Å²) in [6.45, 7) is 6.51. The smallest absolute Gasteiger partial charge is 0.355 e. The van der Waals surface area contributed by atoms with E-state index in [0.717, 1.165) is 18.7 Å². The van der Waals surface area contributed by atoms with Crippen molar-refractivity contribution in [1.29, 1.82) is 0 Å². The molecule has 0 aromatic heterocycles. The fourth-order valence-electron chi connectivity index (χ4n) is 4.98. The van der Waals surface area contributed by atoms with Crippen molar-refractivity contribution in [3.05, 3.63) is 29.8 Å². The summed E-state index contributed by atoms with van der Waals surface area (Å²) in [4.78, 5) is 43.2. The molecule has 3 rings (SSSR count). The van der Waals surface area contributed by atoms with Crippen LogP contribution in [0.1, 0.15) is 38.7 Å². The van der Waals surface area contributed by atoms with Gasteiger partial charge < -0.3 is 20.0 Å². The number of hydrogen-bond acceptors (Lipinski definition) is 4. The number of carbonyl (C=O) groups excluding carboxylic acids is 3. The Balaban J connectivity index is 1.52. The first kappa shape index (κ1) is 27.0. The molecule has 0 radical (unpaired) electrons. The molecule has 2 aliphatic heterocycles. The fraction of sp³-hybridized carbons (Fsp3) is 0.640. The minimum atomic E-state index is -4.51. The third-order valence-electron chi connectivity index (χ3n) is 6.62. The topological polar surface area (TPSA) is 73.0 Å². The molecule has 194 valence electrons. The lowest BCUT2D eigenvalue weighted by molar-refractivity contribution is -0.139. The number of anilines is 1. The Kier molecular flexibility index (Phi) is 8.14. The second-order valence-corrected chi connectivity index (χ2v) is 10.7. The van der Waals surface area contributed by atoms with Gasteiger partial charge >= 0.3 is 6.18 Å². The van der Waals surface area contributed by atoms with Gasteiger partial charge in [0.15, 0.2) is 0 Å². The quantitative estimate of drug-likeness (QED) is 0.630. The van der Waals surface area contributed by atoms with Gasteiger partial charge in [0.2, 0.25) is 17.7 Å². The van der Waals surface area contributed by atoms with Crippen molar-refractivity contribution in [2.75, 3.05) is 51.7 Å². The summed E-state index contributed by atoms with van der Waals surface area (Å²) in [5.41, 5.74) is -0.744. The van der Waals surface area contributed by atoms with E-state index in [2.05, 4.69) is 24.1 Å². The van der Waals surface area contributed by atoms with Gasteiger partial charge in [-0.05, 0) is 50.6 Å². The number of rotatable bonds is 7. The fourth-order valence-corrected chi connectivity index (χ4v) is 4.98. The first-order valence-corrected chi connectivity index (χ1v) is 12.0. The summed E-state index contributed by atoms with van der Waals surface area (Å²) in [5, 5.41) is 3.04. The highest BCUT2D eigenvalue weighted by Gasteiger charge is 2.39. The molecule has 1 aromatic rings. The van der Waals surface area contributed by atoms with E-state index >= 15 is 0 Å². The summed E-state index contributed by atoms with van der Waals surface area (Å²) in [6.07, 6.45) is -3.45. The van der Waals surface area contributed by atoms with E-state index < -0.39 is 17.7 Å². The van der Waals surface area contributed by atoms with Crippen LogP contribution in [0.5, 0.6) is 0 Å². The van der Waals surface area contributed by atoms with E-state index in [0.29, 0.717) is 32.5 Å². The molecule has 0 saturated carbocycles. The van der Waals surface area contributed by atoms with E-state index in [1.165, 1.54) is 17.0 Å². The first-order valence-electron chi connectivity index (χ1n) is 12.0. The van der Waals surface area contributed by atoms with Gasteiger partial charge in [-0.2, -0.15) is 13.2 Å². The summed E-state index contributed by atoms with van der Waals surface area (Å²) in [7, 11) is 3.99. The second-order valence-electron chi connectivity index (χ2n) is 10.7. The van der Waals surface area contributed by atoms with Gasteiger partial charge in [-0.25, -0.2) is 0 Å². The predicted molar refractivity (Wildman–Crippen MR) is 127 cm³/mol. The Morgan fingerprint density at radius 1 is 1.11 bits per heavy atom. The Labute approximate surface area is 204 Å². The molecule has 3 amide bonds. The standard InChI is InChI=1S/C25H35F3N4O3/c1-24(2,16-30(3)4)15-29-22(34)17-8-10-31(11-9-17)23(35)18-12-21(33)32(14-18)20-7-5-6-19(13-20)25(26,27)28/h5-7,13,17-18H,8-12,14-16H2,1-4H3,(H,29,34). The van der Waals surface area contributed by atoms with Crippen molar-refractivity contribution in [2.24, 2.45) is 17.3 Å². The molecule has 7 nitrogen and oxygen atoms in total. The van der Waals surface area contributed by atoms with Gasteiger partial charge in [0, 0.05) is 50.7 Å². The zero-order valence-corrected chi connectivity index (χ0v) is 20.8. The largest absolute Gasteiger partial charge is 0.416 e. The molecular formula is C25H35F3N4O3. The summed E-state index contributed by atoms with van der Waals surface area (Å²) >= 11 is 0. The van der Waals surface area contributed by atoms with Crippen LogP contribution >= 0.6 is 0 Å². The molecule has 1 atom stereocenters. The summed E-state index contributed by atoms with van der Waals surface area (Å²) in [5.74, 6) is -1.32. The second kappa shape index (κ2) is 10.6. The molecule has 2 saturated heterocycles. The van der Waals surface area contributed by atoms with Crippen molar-refractivity contribution in [2.45, 2.75) is 39.3 Å². The van der Waals surface area contributed by atoms with Crippen LogP contribution in [0.15, 0.2) is 24.3 Å². The average molecular weight is 497 g/mol. The minimum Gasteiger partial charge on any atom is -0.355 e. The summed E-state index contributed by atoms with van der Waals surface area (Å²) < 4.78 is 39.2.